The smallest absolute Gasteiger partial charge is 0.233 e. The molecule has 8 heteroatoms. The van der Waals surface area contributed by atoms with E-state index in [1.54, 1.807) is 30.5 Å². The predicted molar refractivity (Wildman–Crippen MR) is 93.7 cm³/mol. The van der Waals surface area contributed by atoms with Crippen molar-refractivity contribution < 1.29 is 9.32 Å². The molecule has 0 spiro atoms. The number of hydrogen-bond donors (Lipinski definition) is 0. The van der Waals surface area contributed by atoms with Crippen LogP contribution in [0.15, 0.2) is 52.5 Å². The lowest BCUT2D eigenvalue weighted by Gasteiger charge is -2.14. The first-order valence-corrected chi connectivity index (χ1v) is 8.63. The lowest BCUT2D eigenvalue weighted by molar-refractivity contribution is -0.127. The third-order valence-electron chi connectivity index (χ3n) is 3.43. The molecule has 3 aromatic rings. The molecule has 0 aliphatic rings. The molecule has 25 heavy (non-hydrogen) atoms. The van der Waals surface area contributed by atoms with Gasteiger partial charge in [0.1, 0.15) is 5.69 Å². The Morgan fingerprint density at radius 2 is 2.20 bits per heavy atom. The topological polar surface area (TPSA) is 85.0 Å². The van der Waals surface area contributed by atoms with E-state index in [1.165, 1.54) is 11.8 Å². The van der Waals surface area contributed by atoms with Gasteiger partial charge in [0.25, 0.3) is 0 Å². The largest absolute Gasteiger partial charge is 0.359 e. The van der Waals surface area contributed by atoms with Crippen LogP contribution < -0.4 is 0 Å². The van der Waals surface area contributed by atoms with Crippen LogP contribution in [0, 0.1) is 6.92 Å². The second kappa shape index (κ2) is 7.89. The molecule has 0 aromatic carbocycles. The molecular weight excluding hydrogens is 338 g/mol. The molecule has 0 radical (unpaired) electrons. The highest BCUT2D eigenvalue weighted by Gasteiger charge is 2.14. The van der Waals surface area contributed by atoms with Crippen LogP contribution in [0.25, 0.3) is 11.3 Å². The minimum absolute atomic E-state index is 0.0329. The maximum absolute atomic E-state index is 12.3. The lowest BCUT2D eigenvalue weighted by atomic mass is 10.2. The lowest BCUT2D eigenvalue weighted by Crippen LogP contribution is -2.27. The monoisotopic (exact) mass is 355 g/mol. The molecule has 0 aliphatic carbocycles. The van der Waals surface area contributed by atoms with Gasteiger partial charge in [-0.15, -0.1) is 0 Å². The summed E-state index contributed by atoms with van der Waals surface area (Å²) < 4.78 is 5.32. The molecule has 3 aromatic heterocycles. The van der Waals surface area contributed by atoms with Crippen molar-refractivity contribution in [2.45, 2.75) is 18.6 Å². The highest BCUT2D eigenvalue weighted by Crippen LogP contribution is 2.19. The van der Waals surface area contributed by atoms with E-state index in [0.717, 1.165) is 11.3 Å². The Hall–Kier alpha value is -2.74. The maximum Gasteiger partial charge on any atom is 0.233 e. The Morgan fingerprint density at radius 3 is 2.96 bits per heavy atom. The van der Waals surface area contributed by atoms with Crippen LogP contribution in [-0.2, 0) is 11.3 Å². The molecule has 3 rings (SSSR count). The molecule has 0 atom stereocenters. The zero-order valence-corrected chi connectivity index (χ0v) is 14.7. The average molecular weight is 355 g/mol. The molecule has 0 saturated carbocycles. The number of aromatic nitrogens is 4. The van der Waals surface area contributed by atoms with Crippen molar-refractivity contribution in [3.63, 3.8) is 0 Å². The minimum Gasteiger partial charge on any atom is -0.359 e. The second-order valence-corrected chi connectivity index (χ2v) is 6.38. The average Bonchev–Trinajstić information content (AvgIpc) is 3.09. The molecule has 3 heterocycles. The summed E-state index contributed by atoms with van der Waals surface area (Å²) in [6.45, 7) is 2.24. The molecular formula is C17H17N5O2S. The number of nitrogens with zero attached hydrogens (tertiary/aromatic N) is 5. The van der Waals surface area contributed by atoms with E-state index in [2.05, 4.69) is 20.1 Å². The molecule has 0 N–H and O–H groups in total. The minimum atomic E-state index is -0.0329. The first kappa shape index (κ1) is 17.1. The van der Waals surface area contributed by atoms with Gasteiger partial charge < -0.3 is 9.42 Å². The van der Waals surface area contributed by atoms with Crippen LogP contribution in [0.1, 0.15) is 11.5 Å². The Balaban J connectivity index is 1.56. The van der Waals surface area contributed by atoms with Gasteiger partial charge in [-0.05, 0) is 25.1 Å². The number of pyridine rings is 1. The van der Waals surface area contributed by atoms with Gasteiger partial charge in [0.05, 0.1) is 12.3 Å². The second-order valence-electron chi connectivity index (χ2n) is 5.44. The number of carbonyl (C=O) groups is 1. The molecule has 0 saturated heterocycles. The van der Waals surface area contributed by atoms with Crippen LogP contribution in [-0.4, -0.2) is 43.7 Å². The highest BCUT2D eigenvalue weighted by molar-refractivity contribution is 7.99. The Bertz CT molecular complexity index is 853. The van der Waals surface area contributed by atoms with E-state index in [-0.39, 0.29) is 11.7 Å². The first-order chi connectivity index (χ1) is 12.1. The fraction of sp³-hybridized carbons (Fsp3) is 0.235. The van der Waals surface area contributed by atoms with Crippen molar-refractivity contribution in [1.29, 1.82) is 0 Å². The first-order valence-electron chi connectivity index (χ1n) is 7.64. The van der Waals surface area contributed by atoms with E-state index in [0.29, 0.717) is 23.2 Å². The Kier molecular flexibility index (Phi) is 5.39. The van der Waals surface area contributed by atoms with Crippen molar-refractivity contribution in [2.75, 3.05) is 12.8 Å². The number of rotatable bonds is 6. The summed E-state index contributed by atoms with van der Waals surface area (Å²) in [5.74, 6) is 0.852. The van der Waals surface area contributed by atoms with E-state index < -0.39 is 0 Å². The molecule has 0 aliphatic heterocycles. The normalized spacial score (nSPS) is 10.6. The number of amides is 1. The van der Waals surface area contributed by atoms with E-state index >= 15 is 0 Å². The van der Waals surface area contributed by atoms with Crippen molar-refractivity contribution in [3.05, 3.63) is 54.3 Å². The molecule has 1 amide bonds. The Morgan fingerprint density at radius 1 is 1.32 bits per heavy atom. The fourth-order valence-corrected chi connectivity index (χ4v) is 2.91. The van der Waals surface area contributed by atoms with Gasteiger partial charge in [-0.2, -0.15) is 0 Å². The summed E-state index contributed by atoms with van der Waals surface area (Å²) in [7, 11) is 1.73. The molecule has 0 unspecified atom stereocenters. The van der Waals surface area contributed by atoms with Gasteiger partial charge in [-0.1, -0.05) is 16.9 Å². The number of hydrogen-bond acceptors (Lipinski definition) is 7. The summed E-state index contributed by atoms with van der Waals surface area (Å²) in [4.78, 5) is 26.3. The SMILES string of the molecule is Cc1ccnc(SCC(=O)N(C)Cc2cc(-c3cccnc3)no2)n1. The third kappa shape index (κ3) is 4.63. The number of aryl methyl sites for hydroxylation is 1. The molecule has 128 valence electrons. The number of thioether (sulfide) groups is 1. The van der Waals surface area contributed by atoms with Crippen LogP contribution >= 0.6 is 11.8 Å². The predicted octanol–water partition coefficient (Wildman–Crippen LogP) is 2.59. The van der Waals surface area contributed by atoms with Gasteiger partial charge in [-0.3, -0.25) is 9.78 Å². The van der Waals surface area contributed by atoms with E-state index in [4.69, 9.17) is 4.52 Å². The summed E-state index contributed by atoms with van der Waals surface area (Å²) in [6, 6.07) is 7.38. The quantitative estimate of drug-likeness (QED) is 0.496. The van der Waals surface area contributed by atoms with Gasteiger partial charge >= 0.3 is 0 Å². The summed E-state index contributed by atoms with van der Waals surface area (Å²) in [6.07, 6.45) is 5.11. The Labute approximate surface area is 149 Å². The van der Waals surface area contributed by atoms with Crippen LogP contribution in [0.4, 0.5) is 0 Å². The van der Waals surface area contributed by atoms with Crippen LogP contribution in [0.2, 0.25) is 0 Å². The molecule has 0 fully saturated rings. The van der Waals surface area contributed by atoms with Gasteiger partial charge in [-0.25, -0.2) is 9.97 Å². The van der Waals surface area contributed by atoms with Crippen molar-refractivity contribution in [1.82, 2.24) is 25.0 Å². The van der Waals surface area contributed by atoms with Crippen molar-refractivity contribution in [3.8, 4) is 11.3 Å². The van der Waals surface area contributed by atoms with Gasteiger partial charge in [0.2, 0.25) is 5.91 Å². The van der Waals surface area contributed by atoms with Crippen molar-refractivity contribution >= 4 is 17.7 Å². The van der Waals surface area contributed by atoms with Gasteiger partial charge in [0.15, 0.2) is 10.9 Å². The summed E-state index contributed by atoms with van der Waals surface area (Å²) in [5, 5.41) is 4.62. The number of carbonyl (C=O) groups excluding carboxylic acids is 1. The van der Waals surface area contributed by atoms with Crippen molar-refractivity contribution in [2.24, 2.45) is 0 Å². The zero-order valence-electron chi connectivity index (χ0n) is 13.9. The maximum atomic E-state index is 12.3. The molecule has 7 nitrogen and oxygen atoms in total. The summed E-state index contributed by atoms with van der Waals surface area (Å²) >= 11 is 1.32. The van der Waals surface area contributed by atoms with E-state index in [9.17, 15) is 4.79 Å². The van der Waals surface area contributed by atoms with E-state index in [1.807, 2.05) is 31.2 Å². The highest BCUT2D eigenvalue weighted by atomic mass is 32.2. The van der Waals surface area contributed by atoms with Crippen LogP contribution in [0.5, 0.6) is 0 Å². The summed E-state index contributed by atoms with van der Waals surface area (Å²) in [5.41, 5.74) is 2.45. The fourth-order valence-electron chi connectivity index (χ4n) is 2.09. The zero-order chi connectivity index (χ0) is 17.6. The molecule has 0 bridgehead atoms. The van der Waals surface area contributed by atoms with Gasteiger partial charge in [0, 0.05) is 43.0 Å². The van der Waals surface area contributed by atoms with Crippen LogP contribution in [0.3, 0.4) is 0 Å². The standard InChI is InChI=1S/C17H17N5O2S/c1-12-5-7-19-17(20-12)25-11-16(23)22(2)10-14-8-15(21-24-14)13-4-3-6-18-9-13/h3-9H,10-11H2,1-2H3. The third-order valence-corrected chi connectivity index (χ3v) is 4.28.